The molecule has 1 fully saturated rings. The Labute approximate surface area is 130 Å². The lowest BCUT2D eigenvalue weighted by Gasteiger charge is -2.31. The maximum absolute atomic E-state index is 11.4. The molecule has 1 heterocycles. The van der Waals surface area contributed by atoms with Gasteiger partial charge in [-0.05, 0) is 25.0 Å². The number of benzene rings is 1. The number of rotatable bonds is 3. The van der Waals surface area contributed by atoms with Crippen molar-refractivity contribution < 1.29 is 14.5 Å². The number of carbonyl (C=O) groups is 1. The van der Waals surface area contributed by atoms with Crippen molar-refractivity contribution in [3.63, 3.8) is 0 Å². The number of likely N-dealkylation sites (tertiary alicyclic amines) is 1. The highest BCUT2D eigenvalue weighted by Crippen LogP contribution is 2.29. The summed E-state index contributed by atoms with van der Waals surface area (Å²) in [4.78, 5) is 23.7. The maximum atomic E-state index is 11.4. The number of amides is 1. The van der Waals surface area contributed by atoms with Gasteiger partial charge in [0.05, 0.1) is 12.0 Å². The van der Waals surface area contributed by atoms with Crippen LogP contribution in [0.1, 0.15) is 12.8 Å². The summed E-state index contributed by atoms with van der Waals surface area (Å²) in [5, 5.41) is 14.3. The minimum Gasteiger partial charge on any atom is -0.453 e. The van der Waals surface area contributed by atoms with Gasteiger partial charge >= 0.3 is 6.09 Å². The van der Waals surface area contributed by atoms with Crippen molar-refractivity contribution >= 4 is 33.4 Å². The summed E-state index contributed by atoms with van der Waals surface area (Å²) < 4.78 is 5.35. The van der Waals surface area contributed by atoms with Gasteiger partial charge in [0.15, 0.2) is 0 Å². The highest BCUT2D eigenvalue weighted by Gasteiger charge is 2.25. The molecule has 1 aromatic carbocycles. The zero-order valence-corrected chi connectivity index (χ0v) is 13.1. The van der Waals surface area contributed by atoms with Gasteiger partial charge in [-0.15, -0.1) is 0 Å². The molecule has 1 amide bonds. The van der Waals surface area contributed by atoms with Crippen molar-refractivity contribution in [2.24, 2.45) is 0 Å². The lowest BCUT2D eigenvalue weighted by molar-refractivity contribution is -0.384. The maximum Gasteiger partial charge on any atom is 0.409 e. The van der Waals surface area contributed by atoms with Crippen LogP contribution in [0.3, 0.4) is 0 Å². The van der Waals surface area contributed by atoms with Gasteiger partial charge in [0.25, 0.3) is 5.69 Å². The second-order valence-electron chi connectivity index (χ2n) is 4.79. The van der Waals surface area contributed by atoms with Gasteiger partial charge in [0, 0.05) is 29.7 Å². The number of methoxy groups -OCH3 is 1. The van der Waals surface area contributed by atoms with Crippen molar-refractivity contribution in [3.05, 3.63) is 32.8 Å². The number of nitro groups is 1. The summed E-state index contributed by atoms with van der Waals surface area (Å²) in [7, 11) is 1.36. The molecule has 2 rings (SSSR count). The first kappa shape index (κ1) is 15.6. The summed E-state index contributed by atoms with van der Waals surface area (Å²) in [6.07, 6.45) is 1.12. The monoisotopic (exact) mass is 357 g/mol. The third-order valence-electron chi connectivity index (χ3n) is 3.44. The summed E-state index contributed by atoms with van der Waals surface area (Å²) in [5.74, 6) is 0. The topological polar surface area (TPSA) is 84.7 Å². The van der Waals surface area contributed by atoms with Crippen LogP contribution >= 0.6 is 15.9 Å². The van der Waals surface area contributed by atoms with Gasteiger partial charge in [-0.25, -0.2) is 4.79 Å². The third-order valence-corrected chi connectivity index (χ3v) is 3.94. The minimum atomic E-state index is -0.406. The standard InChI is InChI=1S/C13H16BrN3O4/c1-21-13(18)16-6-4-10(5-7-16)15-11-3-2-9(14)8-12(11)17(19)20/h2-3,8,10,15H,4-7H2,1H3. The average molecular weight is 358 g/mol. The van der Waals surface area contributed by atoms with Crippen LogP contribution in [0.2, 0.25) is 0 Å². The molecule has 7 nitrogen and oxygen atoms in total. The molecule has 1 aliphatic heterocycles. The van der Waals surface area contributed by atoms with Crippen LogP contribution < -0.4 is 5.32 Å². The Hall–Kier alpha value is -1.83. The first-order valence-corrected chi connectivity index (χ1v) is 7.34. The Morgan fingerprint density at radius 3 is 2.71 bits per heavy atom. The lowest BCUT2D eigenvalue weighted by atomic mass is 10.0. The van der Waals surface area contributed by atoms with E-state index in [1.54, 1.807) is 17.0 Å². The van der Waals surface area contributed by atoms with Crippen molar-refractivity contribution in [1.29, 1.82) is 0 Å². The van der Waals surface area contributed by atoms with E-state index < -0.39 is 4.92 Å². The molecule has 0 saturated carbocycles. The fourth-order valence-corrected chi connectivity index (χ4v) is 2.68. The molecule has 1 N–H and O–H groups in total. The molecule has 8 heteroatoms. The number of ether oxygens (including phenoxy) is 1. The molecule has 0 atom stereocenters. The zero-order chi connectivity index (χ0) is 15.4. The molecule has 0 unspecified atom stereocenters. The molecule has 1 aromatic rings. The second-order valence-corrected chi connectivity index (χ2v) is 5.71. The van der Waals surface area contributed by atoms with Gasteiger partial charge in [-0.2, -0.15) is 0 Å². The number of nitrogens with one attached hydrogen (secondary N) is 1. The number of hydrogen-bond donors (Lipinski definition) is 1. The van der Waals surface area contributed by atoms with Crippen molar-refractivity contribution in [2.75, 3.05) is 25.5 Å². The van der Waals surface area contributed by atoms with E-state index in [1.165, 1.54) is 13.2 Å². The number of carbonyl (C=O) groups excluding carboxylic acids is 1. The number of halogens is 1. The quantitative estimate of drug-likeness (QED) is 0.663. The average Bonchev–Trinajstić information content (AvgIpc) is 2.49. The Kier molecular flexibility index (Phi) is 5.00. The number of anilines is 1. The molecule has 0 aliphatic carbocycles. The molecule has 0 aromatic heterocycles. The van der Waals surface area contributed by atoms with Gasteiger partial charge < -0.3 is 15.0 Å². The predicted molar refractivity (Wildman–Crippen MR) is 81.4 cm³/mol. The van der Waals surface area contributed by atoms with Gasteiger partial charge in [-0.3, -0.25) is 10.1 Å². The van der Waals surface area contributed by atoms with E-state index in [-0.39, 0.29) is 17.8 Å². The van der Waals surface area contributed by atoms with E-state index in [1.807, 2.05) is 0 Å². The highest BCUT2D eigenvalue weighted by atomic mass is 79.9. The molecule has 21 heavy (non-hydrogen) atoms. The third kappa shape index (κ3) is 3.84. The van der Waals surface area contributed by atoms with E-state index in [2.05, 4.69) is 26.0 Å². The lowest BCUT2D eigenvalue weighted by Crippen LogP contribution is -2.42. The van der Waals surface area contributed by atoms with Crippen LogP contribution in [-0.2, 0) is 4.74 Å². The Bertz CT molecular complexity index is 544. The van der Waals surface area contributed by atoms with E-state index in [4.69, 9.17) is 0 Å². The van der Waals surface area contributed by atoms with Gasteiger partial charge in [0.2, 0.25) is 0 Å². The zero-order valence-electron chi connectivity index (χ0n) is 11.5. The smallest absolute Gasteiger partial charge is 0.409 e. The van der Waals surface area contributed by atoms with Crippen LogP contribution in [0.5, 0.6) is 0 Å². The van der Waals surface area contributed by atoms with Crippen molar-refractivity contribution in [1.82, 2.24) is 4.90 Å². The fourth-order valence-electron chi connectivity index (χ4n) is 2.33. The number of nitrogens with zero attached hydrogens (tertiary/aromatic N) is 2. The van der Waals surface area contributed by atoms with E-state index >= 15 is 0 Å². The Balaban J connectivity index is 2.01. The molecule has 1 saturated heterocycles. The minimum absolute atomic E-state index is 0.0415. The van der Waals surface area contributed by atoms with Crippen molar-refractivity contribution in [2.45, 2.75) is 18.9 Å². The van der Waals surface area contributed by atoms with Gasteiger partial charge in [-0.1, -0.05) is 15.9 Å². The predicted octanol–water partition coefficient (Wildman–Crippen LogP) is 3.00. The van der Waals surface area contributed by atoms with E-state index in [9.17, 15) is 14.9 Å². The molecule has 114 valence electrons. The molecule has 1 aliphatic rings. The van der Waals surface area contributed by atoms with Crippen LogP contribution in [0.4, 0.5) is 16.2 Å². The van der Waals surface area contributed by atoms with Crippen LogP contribution in [0.25, 0.3) is 0 Å². The number of nitro benzene ring substituents is 1. The summed E-state index contributed by atoms with van der Waals surface area (Å²) in [6, 6.07) is 5.03. The summed E-state index contributed by atoms with van der Waals surface area (Å²) in [5.41, 5.74) is 0.541. The normalized spacial score (nSPS) is 15.6. The van der Waals surface area contributed by atoms with Crippen molar-refractivity contribution in [3.8, 4) is 0 Å². The number of hydrogen-bond acceptors (Lipinski definition) is 5. The van der Waals surface area contributed by atoms with Gasteiger partial charge in [0.1, 0.15) is 5.69 Å². The Morgan fingerprint density at radius 2 is 2.14 bits per heavy atom. The first-order chi connectivity index (χ1) is 10.0. The molecule has 0 radical (unpaired) electrons. The highest BCUT2D eigenvalue weighted by molar-refractivity contribution is 9.10. The van der Waals surface area contributed by atoms with Crippen LogP contribution in [0.15, 0.2) is 22.7 Å². The first-order valence-electron chi connectivity index (χ1n) is 6.54. The van der Waals surface area contributed by atoms with E-state index in [0.717, 1.165) is 12.8 Å². The molecule has 0 spiro atoms. The molecule has 0 bridgehead atoms. The summed E-state index contributed by atoms with van der Waals surface area (Å²) in [6.45, 7) is 1.16. The van der Waals surface area contributed by atoms with E-state index in [0.29, 0.717) is 23.2 Å². The number of piperidine rings is 1. The summed E-state index contributed by atoms with van der Waals surface area (Å²) >= 11 is 3.23. The largest absolute Gasteiger partial charge is 0.453 e. The molecular formula is C13H16BrN3O4. The molecular weight excluding hydrogens is 342 g/mol. The van der Waals surface area contributed by atoms with Crippen LogP contribution in [-0.4, -0.2) is 42.2 Å². The fraction of sp³-hybridized carbons (Fsp3) is 0.462. The second kappa shape index (κ2) is 6.75. The Morgan fingerprint density at radius 1 is 1.48 bits per heavy atom. The SMILES string of the molecule is COC(=O)N1CCC(Nc2ccc(Br)cc2[N+](=O)[O-])CC1. The van der Waals surface area contributed by atoms with Crippen LogP contribution in [0, 0.1) is 10.1 Å².